The number of aliphatic hydroxyl groups is 1. The fourth-order valence-electron chi connectivity index (χ4n) is 1.86. The third-order valence-electron chi connectivity index (χ3n) is 3.26. The van der Waals surface area contributed by atoms with Crippen molar-refractivity contribution >= 4 is 11.6 Å². The van der Waals surface area contributed by atoms with E-state index in [2.05, 4.69) is 10.3 Å². The van der Waals surface area contributed by atoms with Crippen molar-refractivity contribution < 1.29 is 14.6 Å². The number of H-pyrrole nitrogens is 1. The molecule has 1 amide bonds. The maximum absolute atomic E-state index is 11.8. The molecule has 0 saturated heterocycles. The molecule has 6 nitrogen and oxygen atoms in total. The maximum Gasteiger partial charge on any atom is 0.262 e. The lowest BCUT2D eigenvalue weighted by molar-refractivity contribution is -0.118. The van der Waals surface area contributed by atoms with Gasteiger partial charge in [-0.2, -0.15) is 0 Å². The molecule has 6 heteroatoms. The zero-order chi connectivity index (χ0) is 16.1. The number of carbonyl (C=O) groups is 1. The lowest BCUT2D eigenvalue weighted by Crippen LogP contribution is -2.22. The molecule has 1 heterocycles. The molecule has 0 saturated carbocycles. The molecule has 0 aliphatic rings. The van der Waals surface area contributed by atoms with Crippen LogP contribution in [0.3, 0.4) is 0 Å². The predicted octanol–water partition coefficient (Wildman–Crippen LogP) is 1.50. The first kappa shape index (κ1) is 15.8. The molecular weight excluding hydrogens is 284 g/mol. The van der Waals surface area contributed by atoms with Crippen LogP contribution in [0.25, 0.3) is 0 Å². The van der Waals surface area contributed by atoms with Crippen molar-refractivity contribution in [2.24, 2.45) is 0 Å². The number of hydrogen-bond acceptors (Lipinski definition) is 4. The van der Waals surface area contributed by atoms with Crippen molar-refractivity contribution in [1.82, 2.24) is 4.98 Å². The Morgan fingerprint density at radius 3 is 2.68 bits per heavy atom. The minimum atomic E-state index is -0.387. The van der Waals surface area contributed by atoms with Crippen LogP contribution in [0.5, 0.6) is 5.75 Å². The number of pyridine rings is 1. The number of hydrogen-bond donors (Lipinski definition) is 3. The van der Waals surface area contributed by atoms with E-state index in [0.29, 0.717) is 11.4 Å². The first-order chi connectivity index (χ1) is 10.5. The molecule has 0 radical (unpaired) electrons. The number of ether oxygens (including phenoxy) is 1. The Balaban J connectivity index is 1.95. The number of amides is 1. The van der Waals surface area contributed by atoms with Crippen LogP contribution in [-0.4, -0.2) is 22.6 Å². The summed E-state index contributed by atoms with van der Waals surface area (Å²) in [7, 11) is 0. The smallest absolute Gasteiger partial charge is 0.262 e. The molecule has 0 fully saturated rings. The molecule has 116 valence electrons. The van der Waals surface area contributed by atoms with E-state index in [1.165, 1.54) is 12.3 Å². The lowest BCUT2D eigenvalue weighted by Gasteiger charge is -2.09. The van der Waals surface area contributed by atoms with Crippen LogP contribution in [-0.2, 0) is 11.4 Å². The summed E-state index contributed by atoms with van der Waals surface area (Å²) in [6, 6.07) is 6.83. The van der Waals surface area contributed by atoms with Gasteiger partial charge < -0.3 is 20.1 Å². The molecule has 22 heavy (non-hydrogen) atoms. The van der Waals surface area contributed by atoms with E-state index in [0.717, 1.165) is 11.1 Å². The Kier molecular flexibility index (Phi) is 4.95. The van der Waals surface area contributed by atoms with Gasteiger partial charge in [0.1, 0.15) is 0 Å². The standard InChI is InChI=1S/C16H18N2O4/c1-10-3-4-12(5-11(10)2)18-16(21)9-22-15-7-17-13(8-19)6-14(15)20/h3-7,19H,8-9H2,1-2H3,(H,17,20)(H,18,21). The second kappa shape index (κ2) is 6.91. The van der Waals surface area contributed by atoms with Gasteiger partial charge in [-0.1, -0.05) is 6.07 Å². The third kappa shape index (κ3) is 3.95. The summed E-state index contributed by atoms with van der Waals surface area (Å²) in [6.45, 7) is 3.42. The molecule has 0 unspecified atom stereocenters. The number of aromatic nitrogens is 1. The Hall–Kier alpha value is -2.60. The van der Waals surface area contributed by atoms with Crippen molar-refractivity contribution in [3.8, 4) is 5.75 Å². The number of anilines is 1. The summed E-state index contributed by atoms with van der Waals surface area (Å²) in [4.78, 5) is 26.2. The van der Waals surface area contributed by atoms with Crippen molar-refractivity contribution in [3.05, 3.63) is 57.5 Å². The highest BCUT2D eigenvalue weighted by Gasteiger charge is 2.07. The van der Waals surface area contributed by atoms with Gasteiger partial charge in [-0.25, -0.2) is 0 Å². The molecular formula is C16H18N2O4. The molecule has 3 N–H and O–H groups in total. The van der Waals surface area contributed by atoms with Crippen LogP contribution in [0.4, 0.5) is 5.69 Å². The number of nitrogens with one attached hydrogen (secondary N) is 2. The number of aromatic amines is 1. The molecule has 2 rings (SSSR count). The number of carbonyl (C=O) groups excluding carboxylic acids is 1. The third-order valence-corrected chi connectivity index (χ3v) is 3.26. The summed E-state index contributed by atoms with van der Waals surface area (Å²) in [6.07, 6.45) is 1.33. The van der Waals surface area contributed by atoms with Crippen LogP contribution in [0.15, 0.2) is 35.3 Å². The molecule has 1 aromatic heterocycles. The number of aliphatic hydroxyl groups excluding tert-OH is 1. The topological polar surface area (TPSA) is 91.4 Å². The van der Waals surface area contributed by atoms with Crippen molar-refractivity contribution in [2.75, 3.05) is 11.9 Å². The fourth-order valence-corrected chi connectivity index (χ4v) is 1.86. The largest absolute Gasteiger partial charge is 0.478 e. The van der Waals surface area contributed by atoms with Gasteiger partial charge >= 0.3 is 0 Å². The van der Waals surface area contributed by atoms with E-state index in [1.807, 2.05) is 32.0 Å². The van der Waals surface area contributed by atoms with Crippen molar-refractivity contribution in [1.29, 1.82) is 0 Å². The molecule has 2 aromatic rings. The van der Waals surface area contributed by atoms with Crippen LogP contribution in [0.2, 0.25) is 0 Å². The Morgan fingerprint density at radius 1 is 1.27 bits per heavy atom. The van der Waals surface area contributed by atoms with Gasteiger partial charge in [-0.15, -0.1) is 0 Å². The van der Waals surface area contributed by atoms with Gasteiger partial charge in [0.15, 0.2) is 12.4 Å². The Labute approximate surface area is 127 Å². The average molecular weight is 302 g/mol. The van der Waals surface area contributed by atoms with E-state index >= 15 is 0 Å². The van der Waals surface area contributed by atoms with Gasteiger partial charge in [0.05, 0.1) is 6.61 Å². The van der Waals surface area contributed by atoms with Crippen molar-refractivity contribution in [3.63, 3.8) is 0 Å². The zero-order valence-electron chi connectivity index (χ0n) is 12.5. The lowest BCUT2D eigenvalue weighted by atomic mass is 10.1. The monoisotopic (exact) mass is 302 g/mol. The second-order valence-corrected chi connectivity index (χ2v) is 4.98. The van der Waals surface area contributed by atoms with E-state index < -0.39 is 0 Å². The summed E-state index contributed by atoms with van der Waals surface area (Å²) in [5.41, 5.74) is 2.90. The quantitative estimate of drug-likeness (QED) is 0.780. The fraction of sp³-hybridized carbons (Fsp3) is 0.250. The highest BCUT2D eigenvalue weighted by molar-refractivity contribution is 5.92. The molecule has 1 aromatic carbocycles. The Bertz CT molecular complexity index is 737. The minimum Gasteiger partial charge on any atom is -0.478 e. The Morgan fingerprint density at radius 2 is 2.05 bits per heavy atom. The second-order valence-electron chi connectivity index (χ2n) is 4.98. The molecule has 0 bridgehead atoms. The first-order valence-electron chi connectivity index (χ1n) is 6.82. The van der Waals surface area contributed by atoms with Crippen LogP contribution < -0.4 is 15.5 Å². The predicted molar refractivity (Wildman–Crippen MR) is 83.0 cm³/mol. The van der Waals surface area contributed by atoms with Crippen molar-refractivity contribution in [2.45, 2.75) is 20.5 Å². The minimum absolute atomic E-state index is 0.0347. The molecule has 0 atom stereocenters. The van der Waals surface area contributed by atoms with Gasteiger partial charge in [-0.3, -0.25) is 9.59 Å². The highest BCUT2D eigenvalue weighted by atomic mass is 16.5. The van der Waals surface area contributed by atoms with Crippen LogP contribution in [0, 0.1) is 13.8 Å². The summed E-state index contributed by atoms with van der Waals surface area (Å²) < 4.78 is 5.19. The summed E-state index contributed by atoms with van der Waals surface area (Å²) >= 11 is 0. The molecule has 0 spiro atoms. The van der Waals surface area contributed by atoms with E-state index in [9.17, 15) is 9.59 Å². The van der Waals surface area contributed by atoms with Gasteiger partial charge in [0.25, 0.3) is 5.91 Å². The van der Waals surface area contributed by atoms with Crippen LogP contribution >= 0.6 is 0 Å². The molecule has 0 aliphatic heterocycles. The molecule has 0 aliphatic carbocycles. The maximum atomic E-state index is 11.8. The number of rotatable bonds is 5. The number of benzene rings is 1. The van der Waals surface area contributed by atoms with E-state index in [4.69, 9.17) is 9.84 Å². The van der Waals surface area contributed by atoms with Gasteiger partial charge in [0.2, 0.25) is 5.43 Å². The normalized spacial score (nSPS) is 10.3. The SMILES string of the molecule is Cc1ccc(NC(=O)COc2c[nH]c(CO)cc2=O)cc1C. The van der Waals surface area contributed by atoms with Gasteiger partial charge in [0, 0.05) is 23.6 Å². The van der Waals surface area contributed by atoms with Crippen LogP contribution in [0.1, 0.15) is 16.8 Å². The van der Waals surface area contributed by atoms with E-state index in [1.54, 1.807) is 0 Å². The average Bonchev–Trinajstić information content (AvgIpc) is 2.49. The summed E-state index contributed by atoms with van der Waals surface area (Å²) in [5.74, 6) is -0.318. The number of aryl methyl sites for hydroxylation is 2. The van der Waals surface area contributed by atoms with Gasteiger partial charge in [-0.05, 0) is 37.1 Å². The highest BCUT2D eigenvalue weighted by Crippen LogP contribution is 2.14. The summed E-state index contributed by atoms with van der Waals surface area (Å²) in [5, 5.41) is 11.6. The first-order valence-corrected chi connectivity index (χ1v) is 6.82. The zero-order valence-corrected chi connectivity index (χ0v) is 12.5. The van der Waals surface area contributed by atoms with E-state index in [-0.39, 0.29) is 30.3 Å².